The number of ether oxygens (including phenoxy) is 2. The Morgan fingerprint density at radius 1 is 1.36 bits per heavy atom. The van der Waals surface area contributed by atoms with Crippen molar-refractivity contribution in [2.45, 2.75) is 6.92 Å². The second-order valence-electron chi connectivity index (χ2n) is 2.43. The van der Waals surface area contributed by atoms with Crippen molar-refractivity contribution in [2.24, 2.45) is 0 Å². The molecule has 5 heteroatoms. The summed E-state index contributed by atoms with van der Waals surface area (Å²) in [5.74, 6) is -2.13. The van der Waals surface area contributed by atoms with Crippen molar-refractivity contribution in [1.29, 1.82) is 0 Å². The summed E-state index contributed by atoms with van der Waals surface area (Å²) >= 11 is 3.05. The molecular weight excluding hydrogens is 258 g/mol. The molecule has 0 amide bonds. The number of hydrogen-bond acceptors (Lipinski definition) is 2. The van der Waals surface area contributed by atoms with Crippen LogP contribution in [0.5, 0.6) is 5.75 Å². The van der Waals surface area contributed by atoms with Crippen LogP contribution in [0.15, 0.2) is 16.6 Å². The van der Waals surface area contributed by atoms with Crippen LogP contribution in [0.1, 0.15) is 6.92 Å². The normalized spacial score (nSPS) is 10.3. The summed E-state index contributed by atoms with van der Waals surface area (Å²) < 4.78 is 36.0. The Morgan fingerprint density at radius 3 is 2.71 bits per heavy atom. The lowest BCUT2D eigenvalue weighted by Gasteiger charge is -2.08. The van der Waals surface area contributed by atoms with E-state index in [1.165, 1.54) is 6.07 Å². The van der Waals surface area contributed by atoms with Gasteiger partial charge in [0.25, 0.3) is 0 Å². The van der Waals surface area contributed by atoms with Crippen LogP contribution in [-0.4, -0.2) is 13.4 Å². The largest absolute Gasteiger partial charge is 0.463 e. The molecule has 0 radical (unpaired) electrons. The average molecular weight is 267 g/mol. The van der Waals surface area contributed by atoms with Crippen molar-refractivity contribution in [2.75, 3.05) is 13.4 Å². The highest BCUT2D eigenvalue weighted by molar-refractivity contribution is 9.10. The highest BCUT2D eigenvalue weighted by Gasteiger charge is 2.13. The van der Waals surface area contributed by atoms with Crippen molar-refractivity contribution in [3.8, 4) is 5.75 Å². The Hall–Kier alpha value is -0.680. The van der Waals surface area contributed by atoms with E-state index in [1.807, 2.05) is 0 Å². The van der Waals surface area contributed by atoms with Gasteiger partial charge in [-0.05, 0) is 35.0 Å². The van der Waals surface area contributed by atoms with E-state index in [4.69, 9.17) is 9.47 Å². The van der Waals surface area contributed by atoms with Gasteiger partial charge in [0, 0.05) is 6.61 Å². The molecule has 0 unspecified atom stereocenters. The first-order valence-electron chi connectivity index (χ1n) is 4.00. The third-order valence-corrected chi connectivity index (χ3v) is 2.12. The summed E-state index contributed by atoms with van der Waals surface area (Å²) in [7, 11) is 0. The molecule has 1 aromatic rings. The monoisotopic (exact) mass is 266 g/mol. The average Bonchev–Trinajstić information content (AvgIpc) is 2.18. The van der Waals surface area contributed by atoms with E-state index in [0.717, 1.165) is 6.07 Å². The first kappa shape index (κ1) is 11.4. The van der Waals surface area contributed by atoms with E-state index in [1.54, 1.807) is 6.92 Å². The second-order valence-corrected chi connectivity index (χ2v) is 3.28. The molecule has 14 heavy (non-hydrogen) atoms. The lowest BCUT2D eigenvalue weighted by Crippen LogP contribution is -2.04. The van der Waals surface area contributed by atoms with E-state index in [0.29, 0.717) is 11.1 Å². The molecular formula is C9H9BrF2O2. The van der Waals surface area contributed by atoms with E-state index < -0.39 is 11.6 Å². The van der Waals surface area contributed by atoms with Gasteiger partial charge in [-0.15, -0.1) is 0 Å². The Morgan fingerprint density at radius 2 is 2.07 bits per heavy atom. The first-order valence-corrected chi connectivity index (χ1v) is 4.80. The fraction of sp³-hybridized carbons (Fsp3) is 0.333. The standard InChI is InChI=1S/C9H9BrF2O2/c1-2-13-5-14-9-6(10)3-4-7(11)8(9)12/h3-4H,2,5H2,1H3. The second kappa shape index (κ2) is 5.26. The maximum Gasteiger partial charge on any atom is 0.201 e. The predicted molar refractivity (Wildman–Crippen MR) is 51.2 cm³/mol. The van der Waals surface area contributed by atoms with Crippen LogP contribution in [0.4, 0.5) is 8.78 Å². The van der Waals surface area contributed by atoms with Crippen molar-refractivity contribution in [3.63, 3.8) is 0 Å². The molecule has 0 aliphatic heterocycles. The molecule has 0 saturated carbocycles. The van der Waals surface area contributed by atoms with Gasteiger partial charge in [-0.25, -0.2) is 4.39 Å². The molecule has 0 aliphatic rings. The molecule has 0 saturated heterocycles. The minimum Gasteiger partial charge on any atom is -0.463 e. The molecule has 0 N–H and O–H groups in total. The van der Waals surface area contributed by atoms with Crippen LogP contribution < -0.4 is 4.74 Å². The number of hydrogen-bond donors (Lipinski definition) is 0. The Labute approximate surface area is 89.0 Å². The predicted octanol–water partition coefficient (Wildman–Crippen LogP) is 3.10. The van der Waals surface area contributed by atoms with Gasteiger partial charge in [0.05, 0.1) is 4.47 Å². The van der Waals surface area contributed by atoms with E-state index in [9.17, 15) is 8.78 Å². The Bertz CT molecular complexity index is 318. The molecule has 0 bridgehead atoms. The highest BCUT2D eigenvalue weighted by Crippen LogP contribution is 2.29. The fourth-order valence-electron chi connectivity index (χ4n) is 0.825. The van der Waals surface area contributed by atoms with Gasteiger partial charge in [0.2, 0.25) is 5.82 Å². The van der Waals surface area contributed by atoms with Crippen molar-refractivity contribution < 1.29 is 18.3 Å². The lowest BCUT2D eigenvalue weighted by atomic mass is 10.3. The van der Waals surface area contributed by atoms with Crippen molar-refractivity contribution in [3.05, 3.63) is 28.2 Å². The fourth-order valence-corrected chi connectivity index (χ4v) is 1.25. The molecule has 2 nitrogen and oxygen atoms in total. The van der Waals surface area contributed by atoms with Crippen molar-refractivity contribution >= 4 is 15.9 Å². The molecule has 1 aromatic carbocycles. The first-order chi connectivity index (χ1) is 6.66. The van der Waals surface area contributed by atoms with Gasteiger partial charge in [0.15, 0.2) is 18.4 Å². The zero-order chi connectivity index (χ0) is 10.6. The number of rotatable bonds is 4. The molecule has 0 aromatic heterocycles. The third-order valence-electron chi connectivity index (χ3n) is 1.49. The quantitative estimate of drug-likeness (QED) is 0.474. The number of benzene rings is 1. The summed E-state index contributed by atoms with van der Waals surface area (Å²) in [5, 5.41) is 0. The summed E-state index contributed by atoms with van der Waals surface area (Å²) in [5.41, 5.74) is 0. The van der Waals surface area contributed by atoms with Gasteiger partial charge >= 0.3 is 0 Å². The minimum atomic E-state index is -1.01. The summed E-state index contributed by atoms with van der Waals surface area (Å²) in [4.78, 5) is 0. The molecule has 0 heterocycles. The molecule has 78 valence electrons. The van der Waals surface area contributed by atoms with Gasteiger partial charge in [-0.3, -0.25) is 0 Å². The lowest BCUT2D eigenvalue weighted by molar-refractivity contribution is 0.0192. The van der Waals surface area contributed by atoms with Crippen LogP contribution >= 0.6 is 15.9 Å². The zero-order valence-corrected chi connectivity index (χ0v) is 9.11. The van der Waals surface area contributed by atoms with Crippen LogP contribution in [0.25, 0.3) is 0 Å². The summed E-state index contributed by atoms with van der Waals surface area (Å²) in [6.07, 6.45) is 0. The van der Waals surface area contributed by atoms with Crippen molar-refractivity contribution in [1.82, 2.24) is 0 Å². The summed E-state index contributed by atoms with van der Waals surface area (Å²) in [6.45, 7) is 2.13. The SMILES string of the molecule is CCOCOc1c(Br)ccc(F)c1F. The highest BCUT2D eigenvalue weighted by atomic mass is 79.9. The van der Waals surface area contributed by atoms with Crippen LogP contribution in [-0.2, 0) is 4.74 Å². The van der Waals surface area contributed by atoms with E-state index >= 15 is 0 Å². The smallest absolute Gasteiger partial charge is 0.201 e. The molecule has 0 aliphatic carbocycles. The van der Waals surface area contributed by atoms with Gasteiger partial charge < -0.3 is 9.47 Å². The van der Waals surface area contributed by atoms with Gasteiger partial charge in [-0.1, -0.05) is 0 Å². The number of halogens is 3. The molecule has 1 rings (SSSR count). The van der Waals surface area contributed by atoms with E-state index in [-0.39, 0.29) is 12.5 Å². The molecule has 0 atom stereocenters. The summed E-state index contributed by atoms with van der Waals surface area (Å²) in [6, 6.07) is 2.40. The minimum absolute atomic E-state index is 0.102. The molecule has 0 fully saturated rings. The maximum atomic E-state index is 13.1. The third kappa shape index (κ3) is 2.65. The van der Waals surface area contributed by atoms with Crippen LogP contribution in [0.3, 0.4) is 0 Å². The van der Waals surface area contributed by atoms with Crippen LogP contribution in [0.2, 0.25) is 0 Å². The van der Waals surface area contributed by atoms with Gasteiger partial charge in [0.1, 0.15) is 0 Å². The van der Waals surface area contributed by atoms with Crippen LogP contribution in [0, 0.1) is 11.6 Å². The van der Waals surface area contributed by atoms with E-state index in [2.05, 4.69) is 15.9 Å². The zero-order valence-electron chi connectivity index (χ0n) is 7.52. The Balaban J connectivity index is 2.79. The topological polar surface area (TPSA) is 18.5 Å². The molecule has 0 spiro atoms. The maximum absolute atomic E-state index is 13.1. The van der Waals surface area contributed by atoms with Gasteiger partial charge in [-0.2, -0.15) is 4.39 Å². The Kier molecular flexibility index (Phi) is 4.28.